The summed E-state index contributed by atoms with van der Waals surface area (Å²) in [5, 5.41) is 3.16. The summed E-state index contributed by atoms with van der Waals surface area (Å²) in [6.07, 6.45) is 3.08. The Morgan fingerprint density at radius 3 is 2.62 bits per heavy atom. The zero-order valence-corrected chi connectivity index (χ0v) is 17.5. The van der Waals surface area contributed by atoms with E-state index in [4.69, 9.17) is 4.74 Å². The number of nitrogens with zero attached hydrogens (tertiary/aromatic N) is 1. The molecule has 2 aromatic rings. The van der Waals surface area contributed by atoms with Crippen LogP contribution in [0.2, 0.25) is 0 Å². The van der Waals surface area contributed by atoms with Crippen molar-refractivity contribution in [3.05, 3.63) is 70.8 Å². The molecule has 1 amide bonds. The smallest absolute Gasteiger partial charge is 0.337 e. The summed E-state index contributed by atoms with van der Waals surface area (Å²) >= 11 is 0. The molecule has 0 saturated carbocycles. The summed E-state index contributed by atoms with van der Waals surface area (Å²) in [6, 6.07) is 15.4. The van der Waals surface area contributed by atoms with E-state index in [1.807, 2.05) is 19.1 Å². The third kappa shape index (κ3) is 5.45. The van der Waals surface area contributed by atoms with Crippen molar-refractivity contribution >= 4 is 11.9 Å². The molecule has 1 saturated heterocycles. The lowest BCUT2D eigenvalue weighted by atomic mass is 9.99. The van der Waals surface area contributed by atoms with E-state index in [-0.39, 0.29) is 24.0 Å². The van der Waals surface area contributed by atoms with Crippen LogP contribution in [0, 0.1) is 6.92 Å². The summed E-state index contributed by atoms with van der Waals surface area (Å²) in [4.78, 5) is 26.9. The van der Waals surface area contributed by atoms with E-state index < -0.39 is 0 Å². The van der Waals surface area contributed by atoms with E-state index in [0.29, 0.717) is 5.56 Å². The average Bonchev–Trinajstić information content (AvgIpc) is 2.73. The van der Waals surface area contributed by atoms with Gasteiger partial charge in [0.15, 0.2) is 0 Å². The number of methoxy groups -OCH3 is 1. The van der Waals surface area contributed by atoms with E-state index in [9.17, 15) is 9.59 Å². The molecule has 1 N–H and O–H groups in total. The van der Waals surface area contributed by atoms with Gasteiger partial charge in [0.25, 0.3) is 0 Å². The van der Waals surface area contributed by atoms with Crippen LogP contribution < -0.4 is 5.32 Å². The maximum atomic E-state index is 13.0. The molecule has 0 unspecified atom stereocenters. The van der Waals surface area contributed by atoms with Crippen LogP contribution in [-0.4, -0.2) is 36.5 Å². The number of likely N-dealkylation sites (tertiary alicyclic amines) is 1. The van der Waals surface area contributed by atoms with Crippen LogP contribution in [0.4, 0.5) is 0 Å². The van der Waals surface area contributed by atoms with Gasteiger partial charge in [0.2, 0.25) is 5.91 Å². The van der Waals surface area contributed by atoms with Crippen LogP contribution in [0.5, 0.6) is 0 Å². The van der Waals surface area contributed by atoms with Crippen LogP contribution in [0.15, 0.2) is 48.5 Å². The second-order valence-electron chi connectivity index (χ2n) is 7.81. The number of hydrogen-bond acceptors (Lipinski definition) is 4. The molecule has 5 heteroatoms. The maximum absolute atomic E-state index is 13.0. The maximum Gasteiger partial charge on any atom is 0.337 e. The first-order valence-electron chi connectivity index (χ1n) is 10.3. The summed E-state index contributed by atoms with van der Waals surface area (Å²) in [5.41, 5.74) is 3.96. The highest BCUT2D eigenvalue weighted by molar-refractivity contribution is 5.89. The average molecular weight is 395 g/mol. The summed E-state index contributed by atoms with van der Waals surface area (Å²) < 4.78 is 4.73. The van der Waals surface area contributed by atoms with E-state index in [0.717, 1.165) is 37.9 Å². The second-order valence-corrected chi connectivity index (χ2v) is 7.81. The largest absolute Gasteiger partial charge is 0.465 e. The fourth-order valence-corrected chi connectivity index (χ4v) is 3.94. The molecule has 1 aliphatic heterocycles. The monoisotopic (exact) mass is 394 g/mol. The van der Waals surface area contributed by atoms with Gasteiger partial charge in [-0.2, -0.15) is 0 Å². The molecule has 0 aliphatic carbocycles. The third-order valence-corrected chi connectivity index (χ3v) is 5.58. The van der Waals surface area contributed by atoms with E-state index in [1.54, 1.807) is 12.1 Å². The summed E-state index contributed by atoms with van der Waals surface area (Å²) in [7, 11) is 1.37. The van der Waals surface area contributed by atoms with Gasteiger partial charge >= 0.3 is 5.97 Å². The third-order valence-electron chi connectivity index (χ3n) is 5.58. The zero-order chi connectivity index (χ0) is 20.8. The number of piperidine rings is 1. The van der Waals surface area contributed by atoms with Crippen LogP contribution >= 0.6 is 0 Å². The van der Waals surface area contributed by atoms with E-state index >= 15 is 0 Å². The van der Waals surface area contributed by atoms with Gasteiger partial charge in [-0.25, -0.2) is 4.79 Å². The zero-order valence-electron chi connectivity index (χ0n) is 17.5. The Hall–Kier alpha value is -2.66. The molecular formula is C24H30N2O3. The molecule has 1 heterocycles. The van der Waals surface area contributed by atoms with Gasteiger partial charge in [-0.05, 0) is 56.5 Å². The number of rotatable bonds is 6. The Morgan fingerprint density at radius 2 is 1.93 bits per heavy atom. The number of hydrogen-bond donors (Lipinski definition) is 1. The molecule has 5 nitrogen and oxygen atoms in total. The summed E-state index contributed by atoms with van der Waals surface area (Å²) in [6.45, 7) is 5.80. The SMILES string of the molecule is COC(=O)c1ccc([C@H](C)NC(=O)[C@H]2CCCCN2Cc2cccc(C)c2)cc1. The van der Waals surface area contributed by atoms with Crippen molar-refractivity contribution in [3.63, 3.8) is 0 Å². The number of ether oxygens (including phenoxy) is 1. The molecule has 1 fully saturated rings. The van der Waals surface area contributed by atoms with Crippen molar-refractivity contribution in [2.45, 2.75) is 51.7 Å². The number of carbonyl (C=O) groups excluding carboxylic acids is 2. The topological polar surface area (TPSA) is 58.6 Å². The molecule has 29 heavy (non-hydrogen) atoms. The predicted molar refractivity (Wildman–Crippen MR) is 114 cm³/mol. The Kier molecular flexibility index (Phi) is 7.04. The number of esters is 1. The fourth-order valence-electron chi connectivity index (χ4n) is 3.94. The molecule has 154 valence electrons. The first kappa shape index (κ1) is 21.1. The highest BCUT2D eigenvalue weighted by Crippen LogP contribution is 2.22. The van der Waals surface area contributed by atoms with Gasteiger partial charge in [0, 0.05) is 6.54 Å². The van der Waals surface area contributed by atoms with E-state index in [1.165, 1.54) is 18.2 Å². The van der Waals surface area contributed by atoms with Crippen molar-refractivity contribution in [2.75, 3.05) is 13.7 Å². The predicted octanol–water partition coefficient (Wildman–Crippen LogP) is 4.01. The van der Waals surface area contributed by atoms with Gasteiger partial charge in [-0.3, -0.25) is 9.69 Å². The quantitative estimate of drug-likeness (QED) is 0.752. The summed E-state index contributed by atoms with van der Waals surface area (Å²) in [5.74, 6) is -0.288. The van der Waals surface area contributed by atoms with Gasteiger partial charge in [-0.1, -0.05) is 48.4 Å². The van der Waals surface area contributed by atoms with Crippen molar-refractivity contribution in [3.8, 4) is 0 Å². The van der Waals surface area contributed by atoms with Crippen molar-refractivity contribution in [2.24, 2.45) is 0 Å². The number of benzene rings is 2. The minimum absolute atomic E-state index is 0.0712. The van der Waals surface area contributed by atoms with Crippen LogP contribution in [0.25, 0.3) is 0 Å². The number of carbonyl (C=O) groups is 2. The van der Waals surface area contributed by atoms with Crippen molar-refractivity contribution in [1.82, 2.24) is 10.2 Å². The minimum Gasteiger partial charge on any atom is -0.465 e. The fraction of sp³-hybridized carbons (Fsp3) is 0.417. The van der Waals surface area contributed by atoms with Gasteiger partial charge < -0.3 is 10.1 Å². The first-order chi connectivity index (χ1) is 14.0. The van der Waals surface area contributed by atoms with Crippen LogP contribution in [0.3, 0.4) is 0 Å². The highest BCUT2D eigenvalue weighted by Gasteiger charge is 2.29. The standard InChI is InChI=1S/C24H30N2O3/c1-17-7-6-8-19(15-17)16-26-14-5-4-9-22(26)23(27)25-18(2)20-10-12-21(13-11-20)24(28)29-3/h6-8,10-13,15,18,22H,4-5,9,14,16H2,1-3H3,(H,25,27)/t18-,22+/m0/s1. The van der Waals surface area contributed by atoms with Crippen LogP contribution in [0.1, 0.15) is 59.3 Å². The molecule has 1 aliphatic rings. The van der Waals surface area contributed by atoms with Crippen molar-refractivity contribution < 1.29 is 14.3 Å². The molecule has 0 aromatic heterocycles. The Morgan fingerprint density at radius 1 is 1.17 bits per heavy atom. The minimum atomic E-state index is -0.359. The van der Waals surface area contributed by atoms with E-state index in [2.05, 4.69) is 41.4 Å². The van der Waals surface area contributed by atoms with Crippen LogP contribution in [-0.2, 0) is 16.1 Å². The molecule has 2 aromatic carbocycles. The Labute approximate surface area is 173 Å². The molecule has 0 bridgehead atoms. The molecule has 0 radical (unpaired) electrons. The molecule has 0 spiro atoms. The lowest BCUT2D eigenvalue weighted by molar-refractivity contribution is -0.128. The molecule has 3 rings (SSSR count). The normalized spacial score (nSPS) is 18.1. The number of nitrogens with one attached hydrogen (secondary N) is 1. The first-order valence-corrected chi connectivity index (χ1v) is 10.3. The molecular weight excluding hydrogens is 364 g/mol. The van der Waals surface area contributed by atoms with Gasteiger partial charge in [-0.15, -0.1) is 0 Å². The lowest BCUT2D eigenvalue weighted by Crippen LogP contribution is -2.49. The van der Waals surface area contributed by atoms with Crippen molar-refractivity contribution in [1.29, 1.82) is 0 Å². The molecule has 2 atom stereocenters. The van der Waals surface area contributed by atoms with Gasteiger partial charge in [0.05, 0.1) is 24.8 Å². The lowest BCUT2D eigenvalue weighted by Gasteiger charge is -2.35. The highest BCUT2D eigenvalue weighted by atomic mass is 16.5. The van der Waals surface area contributed by atoms with Gasteiger partial charge in [0.1, 0.15) is 0 Å². The number of aryl methyl sites for hydroxylation is 1. The second kappa shape index (κ2) is 9.70. The Balaban J connectivity index is 1.64. The number of amides is 1. The Bertz CT molecular complexity index is 847.